The second-order valence-electron chi connectivity index (χ2n) is 6.44. The molecule has 0 atom stereocenters. The number of carbonyl (C=O) groups excluding carboxylic acids is 1. The van der Waals surface area contributed by atoms with E-state index < -0.39 is 0 Å². The van der Waals surface area contributed by atoms with Crippen LogP contribution in [0.15, 0.2) is 40.2 Å². The van der Waals surface area contributed by atoms with Crippen molar-refractivity contribution in [2.75, 3.05) is 31.7 Å². The predicted octanol–water partition coefficient (Wildman–Crippen LogP) is 2.56. The van der Waals surface area contributed by atoms with E-state index in [1.165, 1.54) is 0 Å². The first-order chi connectivity index (χ1) is 13.2. The van der Waals surface area contributed by atoms with Gasteiger partial charge in [-0.3, -0.25) is 9.69 Å². The number of amides is 1. The maximum absolute atomic E-state index is 12.2. The fourth-order valence-electron chi connectivity index (χ4n) is 3.14. The number of fused-ring (bicyclic) bond motifs is 1. The first kappa shape index (κ1) is 16.3. The van der Waals surface area contributed by atoms with Gasteiger partial charge in [0.15, 0.2) is 11.5 Å². The number of thiophene rings is 1. The number of likely N-dealkylation sites (tertiary alicyclic amines) is 1. The third-order valence-electron chi connectivity index (χ3n) is 4.51. The molecule has 1 aromatic carbocycles. The van der Waals surface area contributed by atoms with Gasteiger partial charge >= 0.3 is 0 Å². The van der Waals surface area contributed by atoms with Crippen LogP contribution in [-0.4, -0.2) is 47.4 Å². The molecule has 27 heavy (non-hydrogen) atoms. The highest BCUT2D eigenvalue weighted by molar-refractivity contribution is 7.13. The van der Waals surface area contributed by atoms with E-state index in [0.29, 0.717) is 35.4 Å². The number of ether oxygens (including phenoxy) is 2. The standard InChI is InChI=1S/C18H16N4O4S/c23-16(19-12-3-4-13-14(6-12)25-10-24-13)9-22-7-11(8-22)18-20-17(21-26-18)15-2-1-5-27-15/h1-6,11H,7-10H2,(H,19,23). The monoisotopic (exact) mass is 384 g/mol. The van der Waals surface area contributed by atoms with Crippen molar-refractivity contribution in [3.05, 3.63) is 41.6 Å². The maximum atomic E-state index is 12.2. The summed E-state index contributed by atoms with van der Waals surface area (Å²) >= 11 is 1.58. The lowest BCUT2D eigenvalue weighted by Gasteiger charge is -2.36. The third-order valence-corrected chi connectivity index (χ3v) is 5.38. The molecular weight excluding hydrogens is 368 g/mol. The molecule has 0 bridgehead atoms. The predicted molar refractivity (Wildman–Crippen MR) is 98.0 cm³/mol. The lowest BCUT2D eigenvalue weighted by molar-refractivity contribution is -0.118. The van der Waals surface area contributed by atoms with Crippen LogP contribution < -0.4 is 14.8 Å². The summed E-state index contributed by atoms with van der Waals surface area (Å²) in [5.41, 5.74) is 0.693. The summed E-state index contributed by atoms with van der Waals surface area (Å²) in [6.07, 6.45) is 0. The number of hydrogen-bond acceptors (Lipinski definition) is 8. The molecule has 0 unspecified atom stereocenters. The van der Waals surface area contributed by atoms with E-state index in [0.717, 1.165) is 18.0 Å². The Hall–Kier alpha value is -2.91. The van der Waals surface area contributed by atoms with Crippen molar-refractivity contribution in [3.8, 4) is 22.2 Å². The molecule has 1 N–H and O–H groups in total. The number of benzene rings is 1. The molecule has 0 spiro atoms. The Balaban J connectivity index is 1.13. The summed E-state index contributed by atoms with van der Waals surface area (Å²) in [6, 6.07) is 9.28. The second-order valence-corrected chi connectivity index (χ2v) is 7.39. The van der Waals surface area contributed by atoms with Crippen molar-refractivity contribution in [2.24, 2.45) is 0 Å². The van der Waals surface area contributed by atoms with Crippen LogP contribution in [-0.2, 0) is 4.79 Å². The molecule has 3 aromatic rings. The summed E-state index contributed by atoms with van der Waals surface area (Å²) in [6.45, 7) is 1.98. The largest absolute Gasteiger partial charge is 0.454 e. The number of nitrogens with one attached hydrogen (secondary N) is 1. The SMILES string of the molecule is O=C(CN1CC(c2nc(-c3cccs3)no2)C1)Nc1ccc2c(c1)OCO2. The van der Waals surface area contributed by atoms with Crippen molar-refractivity contribution in [1.29, 1.82) is 0 Å². The van der Waals surface area contributed by atoms with Gasteiger partial charge < -0.3 is 19.3 Å². The highest BCUT2D eigenvalue weighted by atomic mass is 32.1. The quantitative estimate of drug-likeness (QED) is 0.723. The molecule has 4 heterocycles. The van der Waals surface area contributed by atoms with Crippen LogP contribution in [0.3, 0.4) is 0 Å². The molecule has 2 aliphatic rings. The highest BCUT2D eigenvalue weighted by Crippen LogP contribution is 2.34. The molecular formula is C18H16N4O4S. The molecule has 1 amide bonds. The summed E-state index contributed by atoms with van der Waals surface area (Å²) in [4.78, 5) is 19.7. The van der Waals surface area contributed by atoms with E-state index in [1.54, 1.807) is 29.5 Å². The lowest BCUT2D eigenvalue weighted by Crippen LogP contribution is -2.48. The molecule has 8 nitrogen and oxygen atoms in total. The van der Waals surface area contributed by atoms with Gasteiger partial charge in [-0.05, 0) is 23.6 Å². The molecule has 2 aromatic heterocycles. The van der Waals surface area contributed by atoms with Gasteiger partial charge in [0, 0.05) is 24.8 Å². The minimum absolute atomic E-state index is 0.0721. The molecule has 1 fully saturated rings. The van der Waals surface area contributed by atoms with Crippen LogP contribution in [0.4, 0.5) is 5.69 Å². The fourth-order valence-corrected chi connectivity index (χ4v) is 3.79. The Morgan fingerprint density at radius 2 is 2.15 bits per heavy atom. The molecule has 0 aliphatic carbocycles. The first-order valence-electron chi connectivity index (χ1n) is 8.54. The lowest BCUT2D eigenvalue weighted by atomic mass is 10.0. The Bertz CT molecular complexity index is 966. The Morgan fingerprint density at radius 3 is 3.00 bits per heavy atom. The van der Waals surface area contributed by atoms with Crippen LogP contribution in [0.2, 0.25) is 0 Å². The summed E-state index contributed by atoms with van der Waals surface area (Å²) < 4.78 is 16.0. The number of anilines is 1. The third kappa shape index (κ3) is 3.26. The molecule has 1 saturated heterocycles. The van der Waals surface area contributed by atoms with E-state index >= 15 is 0 Å². The Labute approximate surface area is 158 Å². The van der Waals surface area contributed by atoms with Gasteiger partial charge in [0.1, 0.15) is 0 Å². The number of aromatic nitrogens is 2. The van der Waals surface area contributed by atoms with E-state index in [9.17, 15) is 4.79 Å². The van der Waals surface area contributed by atoms with Crippen LogP contribution in [0.25, 0.3) is 10.7 Å². The first-order valence-corrected chi connectivity index (χ1v) is 9.42. The van der Waals surface area contributed by atoms with E-state index in [-0.39, 0.29) is 18.6 Å². The number of rotatable bonds is 5. The van der Waals surface area contributed by atoms with Gasteiger partial charge in [0.05, 0.1) is 17.3 Å². The van der Waals surface area contributed by atoms with Crippen LogP contribution in [0, 0.1) is 0 Å². The number of nitrogens with zero attached hydrogens (tertiary/aromatic N) is 3. The van der Waals surface area contributed by atoms with Gasteiger partial charge in [-0.15, -0.1) is 11.3 Å². The smallest absolute Gasteiger partial charge is 0.238 e. The normalized spacial score (nSPS) is 16.3. The molecule has 2 aliphatic heterocycles. The van der Waals surface area contributed by atoms with E-state index in [2.05, 4.69) is 15.5 Å². The fraction of sp³-hybridized carbons (Fsp3) is 0.278. The van der Waals surface area contributed by atoms with Crippen molar-refractivity contribution in [1.82, 2.24) is 15.0 Å². The minimum Gasteiger partial charge on any atom is -0.454 e. The number of carbonyl (C=O) groups is 1. The van der Waals surface area contributed by atoms with Gasteiger partial charge in [0.2, 0.25) is 24.4 Å². The number of hydrogen-bond donors (Lipinski definition) is 1. The average Bonchev–Trinajstić information content (AvgIpc) is 3.37. The van der Waals surface area contributed by atoms with Crippen LogP contribution >= 0.6 is 11.3 Å². The van der Waals surface area contributed by atoms with Crippen LogP contribution in [0.1, 0.15) is 11.8 Å². The maximum Gasteiger partial charge on any atom is 0.238 e. The van der Waals surface area contributed by atoms with Crippen molar-refractivity contribution >= 4 is 22.9 Å². The molecule has 0 radical (unpaired) electrons. The molecule has 138 valence electrons. The Morgan fingerprint density at radius 1 is 1.26 bits per heavy atom. The van der Waals surface area contributed by atoms with Crippen molar-refractivity contribution in [3.63, 3.8) is 0 Å². The van der Waals surface area contributed by atoms with E-state index in [1.807, 2.05) is 22.4 Å². The zero-order valence-electron chi connectivity index (χ0n) is 14.3. The molecule has 9 heteroatoms. The Kier molecular flexibility index (Phi) is 4.02. The summed E-state index contributed by atoms with van der Waals surface area (Å²) in [7, 11) is 0. The van der Waals surface area contributed by atoms with Crippen molar-refractivity contribution in [2.45, 2.75) is 5.92 Å². The van der Waals surface area contributed by atoms with Crippen LogP contribution in [0.5, 0.6) is 11.5 Å². The van der Waals surface area contributed by atoms with Gasteiger partial charge in [-0.2, -0.15) is 4.98 Å². The molecule has 0 saturated carbocycles. The highest BCUT2D eigenvalue weighted by Gasteiger charge is 2.33. The minimum atomic E-state index is -0.0721. The molecule has 5 rings (SSSR count). The summed E-state index contributed by atoms with van der Waals surface area (Å²) in [5.74, 6) is 2.70. The second kappa shape index (κ2) is 6.67. The zero-order valence-corrected chi connectivity index (χ0v) is 15.1. The van der Waals surface area contributed by atoms with Gasteiger partial charge in [-0.25, -0.2) is 0 Å². The van der Waals surface area contributed by atoms with Crippen molar-refractivity contribution < 1.29 is 18.8 Å². The van der Waals surface area contributed by atoms with Gasteiger partial charge in [0.25, 0.3) is 0 Å². The van der Waals surface area contributed by atoms with Gasteiger partial charge in [-0.1, -0.05) is 11.2 Å². The topological polar surface area (TPSA) is 89.7 Å². The zero-order chi connectivity index (χ0) is 18.2. The van der Waals surface area contributed by atoms with E-state index in [4.69, 9.17) is 14.0 Å². The summed E-state index contributed by atoms with van der Waals surface area (Å²) in [5, 5.41) is 8.90. The average molecular weight is 384 g/mol.